The molecular formula is C29H20N2O2S2. The van der Waals surface area contributed by atoms with Gasteiger partial charge >= 0.3 is 0 Å². The lowest BCUT2D eigenvalue weighted by molar-refractivity contribution is 0.0819. The fourth-order valence-corrected chi connectivity index (χ4v) is 6.94. The van der Waals surface area contributed by atoms with Gasteiger partial charge in [-0.1, -0.05) is 60.8 Å². The van der Waals surface area contributed by atoms with Crippen LogP contribution < -0.4 is 0 Å². The van der Waals surface area contributed by atoms with E-state index < -0.39 is 0 Å². The van der Waals surface area contributed by atoms with E-state index in [9.17, 15) is 9.59 Å². The molecule has 0 saturated heterocycles. The van der Waals surface area contributed by atoms with Crippen molar-refractivity contribution in [1.29, 1.82) is 0 Å². The normalized spacial score (nSPS) is 15.8. The third-order valence-electron chi connectivity index (χ3n) is 7.58. The number of thiocarbonyl (C=S) groups is 2. The van der Waals surface area contributed by atoms with Crippen molar-refractivity contribution >= 4 is 89.3 Å². The number of benzene rings is 5. The first-order valence-electron chi connectivity index (χ1n) is 11.8. The largest absolute Gasteiger partial charge is 0.299 e. The summed E-state index contributed by atoms with van der Waals surface area (Å²) in [5.74, 6) is -0.0951. The maximum atomic E-state index is 13.5. The van der Waals surface area contributed by atoms with Gasteiger partial charge in [0.15, 0.2) is 0 Å². The maximum absolute atomic E-state index is 13.5. The van der Waals surface area contributed by atoms with E-state index in [0.29, 0.717) is 27.6 Å². The molecule has 2 amide bonds. The Morgan fingerprint density at radius 1 is 0.629 bits per heavy atom. The van der Waals surface area contributed by atoms with Crippen molar-refractivity contribution in [3.05, 3.63) is 70.8 Å². The van der Waals surface area contributed by atoms with Gasteiger partial charge in [0.25, 0.3) is 11.8 Å². The number of nitrogens with zero attached hydrogens (tertiary/aromatic N) is 2. The average molecular weight is 493 g/mol. The van der Waals surface area contributed by atoms with Gasteiger partial charge < -0.3 is 0 Å². The summed E-state index contributed by atoms with van der Waals surface area (Å²) in [6.45, 7) is 6.46. The predicted octanol–water partition coefficient (Wildman–Crippen LogP) is 6.43. The molecule has 170 valence electrons. The van der Waals surface area contributed by atoms with Gasteiger partial charge in [0.05, 0.1) is 0 Å². The SMILES string of the molecule is CCN1C(=O)c2ccc3c4ccc5c6c(ccc(c7ccc(c2c73)C1=S)c64)C(=O)N(C(C)C)C5=S. The van der Waals surface area contributed by atoms with E-state index in [-0.39, 0.29) is 17.9 Å². The van der Waals surface area contributed by atoms with Crippen molar-refractivity contribution in [1.82, 2.24) is 9.80 Å². The Morgan fingerprint density at radius 3 is 1.51 bits per heavy atom. The highest BCUT2D eigenvalue weighted by Crippen LogP contribution is 2.46. The molecule has 2 aliphatic heterocycles. The molecule has 0 aliphatic carbocycles. The topological polar surface area (TPSA) is 40.6 Å². The standard InChI is InChI=1S/C29H20N2O2S2/c1-4-30-26(32)18-9-5-14-17-8-12-21-25-19(27(33)31(13(2)3)29(21)35)10-6-15(23(17)25)16-7-11-20(28(30)34)24(18)22(14)16/h5-13H,4H2,1-3H3. The molecule has 4 nitrogen and oxygen atoms in total. The summed E-state index contributed by atoms with van der Waals surface area (Å²) < 4.78 is 0. The minimum Gasteiger partial charge on any atom is -0.299 e. The highest BCUT2D eigenvalue weighted by Gasteiger charge is 2.34. The van der Waals surface area contributed by atoms with Crippen LogP contribution >= 0.6 is 24.4 Å². The molecule has 0 atom stereocenters. The molecule has 0 bridgehead atoms. The first kappa shape index (κ1) is 20.9. The summed E-state index contributed by atoms with van der Waals surface area (Å²) in [7, 11) is 0. The number of carbonyl (C=O) groups is 2. The molecule has 0 fully saturated rings. The first-order valence-corrected chi connectivity index (χ1v) is 12.6. The van der Waals surface area contributed by atoms with Crippen LogP contribution in [0.25, 0.3) is 43.1 Å². The van der Waals surface area contributed by atoms with Crippen LogP contribution in [0.3, 0.4) is 0 Å². The second kappa shape index (κ2) is 6.80. The second-order valence-corrected chi connectivity index (χ2v) is 10.3. The van der Waals surface area contributed by atoms with Crippen molar-refractivity contribution < 1.29 is 9.59 Å². The minimum absolute atomic E-state index is 0.0219. The van der Waals surface area contributed by atoms with Gasteiger partial charge in [-0.25, -0.2) is 0 Å². The van der Waals surface area contributed by atoms with E-state index in [1.165, 1.54) is 0 Å². The summed E-state index contributed by atoms with van der Waals surface area (Å²) in [6.07, 6.45) is 0. The van der Waals surface area contributed by atoms with E-state index in [1.807, 2.05) is 57.2 Å². The van der Waals surface area contributed by atoms with Gasteiger partial charge in [0.1, 0.15) is 9.98 Å². The lowest BCUT2D eigenvalue weighted by Gasteiger charge is -2.33. The van der Waals surface area contributed by atoms with Crippen LogP contribution in [-0.2, 0) is 0 Å². The van der Waals surface area contributed by atoms with Crippen LogP contribution in [0.15, 0.2) is 48.5 Å². The van der Waals surface area contributed by atoms with Gasteiger partial charge in [-0.2, -0.15) is 0 Å². The zero-order valence-electron chi connectivity index (χ0n) is 19.4. The Bertz CT molecular complexity index is 1730. The summed E-state index contributed by atoms with van der Waals surface area (Å²) in [5, 5.41) is 8.18. The molecule has 2 aliphatic rings. The molecule has 0 unspecified atom stereocenters. The highest BCUT2D eigenvalue weighted by atomic mass is 32.1. The van der Waals surface area contributed by atoms with Crippen LogP contribution in [0.5, 0.6) is 0 Å². The monoisotopic (exact) mass is 492 g/mol. The Balaban J connectivity index is 1.68. The molecule has 2 heterocycles. The van der Waals surface area contributed by atoms with Gasteiger partial charge in [-0.15, -0.1) is 0 Å². The van der Waals surface area contributed by atoms with Crippen molar-refractivity contribution in [3.8, 4) is 0 Å². The lowest BCUT2D eigenvalue weighted by atomic mass is 9.82. The second-order valence-electron chi connectivity index (χ2n) is 9.57. The molecule has 0 aromatic heterocycles. The molecule has 0 saturated carbocycles. The summed E-state index contributed by atoms with van der Waals surface area (Å²) in [5.41, 5.74) is 3.23. The smallest absolute Gasteiger partial charge is 0.259 e. The van der Waals surface area contributed by atoms with Crippen LogP contribution in [0.2, 0.25) is 0 Å². The summed E-state index contributed by atoms with van der Waals surface area (Å²) in [4.78, 5) is 31.3. The molecule has 0 N–H and O–H groups in total. The first-order chi connectivity index (χ1) is 16.8. The molecule has 0 spiro atoms. The van der Waals surface area contributed by atoms with E-state index >= 15 is 0 Å². The third kappa shape index (κ3) is 2.36. The minimum atomic E-state index is -0.0483. The van der Waals surface area contributed by atoms with Crippen molar-refractivity contribution in [3.63, 3.8) is 0 Å². The van der Waals surface area contributed by atoms with E-state index in [1.54, 1.807) is 9.80 Å². The molecular weight excluding hydrogens is 472 g/mol. The van der Waals surface area contributed by atoms with Crippen molar-refractivity contribution in [2.75, 3.05) is 6.54 Å². The Hall–Kier alpha value is -3.48. The zero-order valence-corrected chi connectivity index (χ0v) is 21.1. The summed E-state index contributed by atoms with van der Waals surface area (Å²) in [6, 6.07) is 16.2. The quantitative estimate of drug-likeness (QED) is 0.162. The number of hydrogen-bond donors (Lipinski definition) is 0. The fourth-order valence-electron chi connectivity index (χ4n) is 6.09. The summed E-state index contributed by atoms with van der Waals surface area (Å²) >= 11 is 11.5. The highest BCUT2D eigenvalue weighted by molar-refractivity contribution is 7.81. The number of fused-ring (bicyclic) bond motifs is 2. The fraction of sp³-hybridized carbons (Fsp3) is 0.172. The Labute approximate surface area is 212 Å². The lowest BCUT2D eigenvalue weighted by Crippen LogP contribution is -2.44. The van der Waals surface area contributed by atoms with Gasteiger partial charge in [0.2, 0.25) is 0 Å². The Kier molecular flexibility index (Phi) is 4.05. The zero-order chi connectivity index (χ0) is 24.3. The van der Waals surface area contributed by atoms with Crippen LogP contribution in [0.1, 0.15) is 52.6 Å². The third-order valence-corrected chi connectivity index (χ3v) is 8.44. The number of rotatable bonds is 2. The molecule has 35 heavy (non-hydrogen) atoms. The van der Waals surface area contributed by atoms with Crippen LogP contribution in [0.4, 0.5) is 0 Å². The maximum Gasteiger partial charge on any atom is 0.259 e. The number of amides is 2. The molecule has 7 rings (SSSR count). The average Bonchev–Trinajstić information content (AvgIpc) is 2.85. The molecule has 6 heteroatoms. The number of carbonyl (C=O) groups excluding carboxylic acids is 2. The molecule has 0 radical (unpaired) electrons. The van der Waals surface area contributed by atoms with Gasteiger partial charge in [-0.05, 0) is 65.2 Å². The predicted molar refractivity (Wildman–Crippen MR) is 149 cm³/mol. The van der Waals surface area contributed by atoms with E-state index in [2.05, 4.69) is 12.1 Å². The van der Waals surface area contributed by atoms with Gasteiger partial charge in [-0.3, -0.25) is 19.4 Å². The van der Waals surface area contributed by atoms with Crippen LogP contribution in [-0.4, -0.2) is 44.2 Å². The Morgan fingerprint density at radius 2 is 1.06 bits per heavy atom. The molecule has 5 aromatic carbocycles. The number of hydrogen-bond acceptors (Lipinski definition) is 4. The molecule has 5 aromatic rings. The van der Waals surface area contributed by atoms with Crippen molar-refractivity contribution in [2.45, 2.75) is 26.8 Å². The van der Waals surface area contributed by atoms with Crippen molar-refractivity contribution in [2.24, 2.45) is 0 Å². The van der Waals surface area contributed by atoms with Gasteiger partial charge in [0, 0.05) is 45.6 Å². The van der Waals surface area contributed by atoms with E-state index in [4.69, 9.17) is 24.4 Å². The van der Waals surface area contributed by atoms with Crippen LogP contribution in [0, 0.1) is 0 Å². The van der Waals surface area contributed by atoms with E-state index in [0.717, 1.165) is 54.2 Å².